The van der Waals surface area contributed by atoms with E-state index in [1.54, 1.807) is 12.1 Å². The van der Waals surface area contributed by atoms with Gasteiger partial charge in [-0.25, -0.2) is 4.98 Å². The number of amidine groups is 1. The summed E-state index contributed by atoms with van der Waals surface area (Å²) in [6.07, 6.45) is 0. The highest BCUT2D eigenvalue weighted by Gasteiger charge is 2.16. The summed E-state index contributed by atoms with van der Waals surface area (Å²) >= 11 is 0. The Labute approximate surface area is 122 Å². The van der Waals surface area contributed by atoms with Gasteiger partial charge in [0.15, 0.2) is 0 Å². The third kappa shape index (κ3) is 2.28. The highest BCUT2D eigenvalue weighted by Crippen LogP contribution is 2.23. The molecule has 0 aliphatic carbocycles. The van der Waals surface area contributed by atoms with Gasteiger partial charge in [-0.2, -0.15) is 0 Å². The molecule has 0 bridgehead atoms. The van der Waals surface area contributed by atoms with E-state index in [0.29, 0.717) is 5.56 Å². The Bertz CT molecular complexity index is 801. The maximum atomic E-state index is 7.41. The summed E-state index contributed by atoms with van der Waals surface area (Å²) in [6, 6.07) is 15.0. The SMILES string of the molecule is Cn1c(C(N)c2ccc(C(=N)N)cc2)nc2ccccc21. The Morgan fingerprint density at radius 1 is 1.14 bits per heavy atom. The third-order valence-electron chi connectivity index (χ3n) is 3.68. The number of hydrogen-bond donors (Lipinski definition) is 3. The summed E-state index contributed by atoms with van der Waals surface area (Å²) in [5, 5.41) is 7.41. The Morgan fingerprint density at radius 3 is 2.43 bits per heavy atom. The topological polar surface area (TPSA) is 93.7 Å². The number of para-hydroxylation sites is 2. The fraction of sp³-hybridized carbons (Fsp3) is 0.125. The minimum atomic E-state index is -0.316. The Kier molecular flexibility index (Phi) is 3.19. The summed E-state index contributed by atoms with van der Waals surface area (Å²) in [6.45, 7) is 0. The van der Waals surface area contributed by atoms with Gasteiger partial charge in [0, 0.05) is 12.6 Å². The van der Waals surface area contributed by atoms with Crippen molar-refractivity contribution in [2.45, 2.75) is 6.04 Å². The van der Waals surface area contributed by atoms with Gasteiger partial charge in [-0.3, -0.25) is 5.41 Å². The zero-order valence-electron chi connectivity index (χ0n) is 11.7. The van der Waals surface area contributed by atoms with Gasteiger partial charge in [-0.1, -0.05) is 36.4 Å². The maximum absolute atomic E-state index is 7.41. The van der Waals surface area contributed by atoms with Gasteiger partial charge in [0.25, 0.3) is 0 Å². The molecule has 0 aliphatic rings. The molecule has 0 aliphatic heterocycles. The van der Waals surface area contributed by atoms with E-state index in [9.17, 15) is 0 Å². The molecule has 1 aromatic heterocycles. The van der Waals surface area contributed by atoms with Crippen molar-refractivity contribution in [3.05, 3.63) is 65.5 Å². The smallest absolute Gasteiger partial charge is 0.131 e. The lowest BCUT2D eigenvalue weighted by Gasteiger charge is -2.12. The van der Waals surface area contributed by atoms with Gasteiger partial charge >= 0.3 is 0 Å². The van der Waals surface area contributed by atoms with Crippen LogP contribution in [-0.4, -0.2) is 15.4 Å². The van der Waals surface area contributed by atoms with E-state index in [4.69, 9.17) is 16.9 Å². The van der Waals surface area contributed by atoms with Crippen LogP contribution in [0.25, 0.3) is 11.0 Å². The second kappa shape index (κ2) is 5.03. The van der Waals surface area contributed by atoms with Crippen LogP contribution in [0.1, 0.15) is 23.0 Å². The maximum Gasteiger partial charge on any atom is 0.131 e. The van der Waals surface area contributed by atoms with Crippen LogP contribution in [0.2, 0.25) is 0 Å². The first-order valence-corrected chi connectivity index (χ1v) is 6.69. The standard InChI is InChI=1S/C16H17N5/c1-21-13-5-3-2-4-12(13)20-16(21)14(17)10-6-8-11(9-7-10)15(18)19/h2-9,14H,17H2,1H3,(H3,18,19). The van der Waals surface area contributed by atoms with Crippen LogP contribution in [0.15, 0.2) is 48.5 Å². The lowest BCUT2D eigenvalue weighted by molar-refractivity contribution is 0.728. The molecule has 3 aromatic rings. The summed E-state index contributed by atoms with van der Waals surface area (Å²) < 4.78 is 2.01. The molecule has 0 fully saturated rings. The van der Waals surface area contributed by atoms with Crippen molar-refractivity contribution < 1.29 is 0 Å². The molecular formula is C16H17N5. The van der Waals surface area contributed by atoms with Crippen molar-refractivity contribution in [1.29, 1.82) is 5.41 Å². The molecule has 0 radical (unpaired) electrons. The number of benzene rings is 2. The van der Waals surface area contributed by atoms with Gasteiger partial charge in [0.2, 0.25) is 0 Å². The van der Waals surface area contributed by atoms with E-state index < -0.39 is 0 Å². The number of nitrogens with two attached hydrogens (primary N) is 2. The summed E-state index contributed by atoms with van der Waals surface area (Å²) in [7, 11) is 1.97. The number of imidazole rings is 1. The predicted molar refractivity (Wildman–Crippen MR) is 84.2 cm³/mol. The highest BCUT2D eigenvalue weighted by molar-refractivity contribution is 5.94. The van der Waals surface area contributed by atoms with Crippen molar-refractivity contribution >= 4 is 16.9 Å². The fourth-order valence-electron chi connectivity index (χ4n) is 2.46. The van der Waals surface area contributed by atoms with Crippen LogP contribution in [0, 0.1) is 5.41 Å². The van der Waals surface area contributed by atoms with Crippen molar-refractivity contribution in [3.8, 4) is 0 Å². The second-order valence-electron chi connectivity index (χ2n) is 5.03. The van der Waals surface area contributed by atoms with E-state index >= 15 is 0 Å². The van der Waals surface area contributed by atoms with Gasteiger partial charge in [0.1, 0.15) is 11.7 Å². The molecule has 1 atom stereocenters. The molecule has 2 aromatic carbocycles. The summed E-state index contributed by atoms with van der Waals surface area (Å²) in [4.78, 5) is 4.62. The first-order chi connectivity index (χ1) is 10.1. The average Bonchev–Trinajstić information content (AvgIpc) is 2.84. The lowest BCUT2D eigenvalue weighted by Crippen LogP contribution is -2.17. The van der Waals surface area contributed by atoms with Crippen molar-refractivity contribution in [2.24, 2.45) is 18.5 Å². The fourth-order valence-corrected chi connectivity index (χ4v) is 2.46. The monoisotopic (exact) mass is 279 g/mol. The van der Waals surface area contributed by atoms with Crippen LogP contribution in [0.4, 0.5) is 0 Å². The molecule has 5 heteroatoms. The Morgan fingerprint density at radius 2 is 1.81 bits per heavy atom. The molecule has 5 N–H and O–H groups in total. The molecule has 3 rings (SSSR count). The highest BCUT2D eigenvalue weighted by atomic mass is 15.1. The van der Waals surface area contributed by atoms with Crippen LogP contribution in [0.5, 0.6) is 0 Å². The van der Waals surface area contributed by atoms with Crippen LogP contribution in [-0.2, 0) is 7.05 Å². The van der Waals surface area contributed by atoms with E-state index in [0.717, 1.165) is 22.4 Å². The Hall–Kier alpha value is -2.66. The van der Waals surface area contributed by atoms with Gasteiger partial charge in [0.05, 0.1) is 17.1 Å². The lowest BCUT2D eigenvalue weighted by atomic mass is 10.0. The van der Waals surface area contributed by atoms with Crippen molar-refractivity contribution in [2.75, 3.05) is 0 Å². The second-order valence-corrected chi connectivity index (χ2v) is 5.03. The van der Waals surface area contributed by atoms with Crippen LogP contribution in [0.3, 0.4) is 0 Å². The largest absolute Gasteiger partial charge is 0.384 e. The predicted octanol–water partition coefficient (Wildman–Crippen LogP) is 1.91. The third-order valence-corrected chi connectivity index (χ3v) is 3.68. The van der Waals surface area contributed by atoms with Crippen molar-refractivity contribution in [1.82, 2.24) is 9.55 Å². The van der Waals surface area contributed by atoms with E-state index in [2.05, 4.69) is 4.98 Å². The normalized spacial score (nSPS) is 12.5. The zero-order valence-corrected chi connectivity index (χ0v) is 11.7. The molecule has 0 spiro atoms. The summed E-state index contributed by atoms with van der Waals surface area (Å²) in [5.74, 6) is 0.865. The molecule has 0 amide bonds. The van der Waals surface area contributed by atoms with Gasteiger partial charge in [-0.15, -0.1) is 0 Å². The number of fused-ring (bicyclic) bond motifs is 1. The first-order valence-electron chi connectivity index (χ1n) is 6.69. The molecule has 106 valence electrons. The minimum absolute atomic E-state index is 0.0536. The van der Waals surface area contributed by atoms with Crippen molar-refractivity contribution in [3.63, 3.8) is 0 Å². The molecule has 0 saturated carbocycles. The van der Waals surface area contributed by atoms with Gasteiger partial charge in [-0.05, 0) is 17.7 Å². The summed E-state index contributed by atoms with van der Waals surface area (Å²) in [5.41, 5.74) is 15.4. The zero-order chi connectivity index (χ0) is 15.0. The number of hydrogen-bond acceptors (Lipinski definition) is 3. The van der Waals surface area contributed by atoms with Crippen LogP contribution < -0.4 is 11.5 Å². The molecule has 1 heterocycles. The number of nitrogen functional groups attached to an aromatic ring is 1. The van der Waals surface area contributed by atoms with Crippen LogP contribution >= 0.6 is 0 Å². The van der Waals surface area contributed by atoms with E-state index in [1.165, 1.54) is 0 Å². The number of aryl methyl sites for hydroxylation is 1. The quantitative estimate of drug-likeness (QED) is 0.505. The first kappa shape index (κ1) is 13.3. The minimum Gasteiger partial charge on any atom is -0.384 e. The Balaban J connectivity index is 2.01. The van der Waals surface area contributed by atoms with Gasteiger partial charge < -0.3 is 16.0 Å². The molecule has 1 unspecified atom stereocenters. The molecule has 0 saturated heterocycles. The van der Waals surface area contributed by atoms with E-state index in [1.807, 2.05) is 48.0 Å². The molecule has 21 heavy (non-hydrogen) atoms. The molecular weight excluding hydrogens is 262 g/mol. The number of nitrogens with zero attached hydrogens (tertiary/aromatic N) is 2. The number of aromatic nitrogens is 2. The number of nitrogens with one attached hydrogen (secondary N) is 1. The van der Waals surface area contributed by atoms with E-state index in [-0.39, 0.29) is 11.9 Å². The molecule has 5 nitrogen and oxygen atoms in total. The number of rotatable bonds is 3. The average molecular weight is 279 g/mol.